The quantitative estimate of drug-likeness (QED) is 0.270. The Hall–Kier alpha value is -4.28. The molecule has 0 aliphatic rings. The van der Waals surface area contributed by atoms with Gasteiger partial charge in [-0.15, -0.1) is 0 Å². The van der Waals surface area contributed by atoms with Gasteiger partial charge in [-0.05, 0) is 78.6 Å². The predicted molar refractivity (Wildman–Crippen MR) is 141 cm³/mol. The number of nitrogens with zero attached hydrogens (tertiary/aromatic N) is 2. The number of benzene rings is 3. The third-order valence-electron chi connectivity index (χ3n) is 6.04. The van der Waals surface area contributed by atoms with Crippen LogP contribution < -0.4 is 0 Å². The first-order valence-corrected chi connectivity index (χ1v) is 13.1. The maximum absolute atomic E-state index is 12.1. The summed E-state index contributed by atoms with van der Waals surface area (Å²) in [4.78, 5) is 16.8. The number of sulfone groups is 1. The second-order valence-corrected chi connectivity index (χ2v) is 11.1. The Kier molecular flexibility index (Phi) is 6.49. The monoisotopic (exact) mass is 496 g/mol. The molecule has 7 heteroatoms. The van der Waals surface area contributed by atoms with Gasteiger partial charge in [0.15, 0.2) is 9.84 Å². The number of carbonyl (C=O) groups is 1. The molecule has 0 fully saturated rings. The number of hydrogen-bond acceptors (Lipinski definition) is 5. The molecule has 1 heterocycles. The molecule has 180 valence electrons. The molecule has 4 aromatic rings. The minimum Gasteiger partial charge on any atom is -0.478 e. The Bertz CT molecular complexity index is 1660. The second-order valence-electron chi connectivity index (χ2n) is 9.12. The zero-order valence-corrected chi connectivity index (χ0v) is 20.9. The van der Waals surface area contributed by atoms with Crippen molar-refractivity contribution in [3.05, 3.63) is 95.7 Å². The molecule has 0 spiro atoms. The van der Waals surface area contributed by atoms with Crippen molar-refractivity contribution in [2.24, 2.45) is 0 Å². The molecule has 3 aromatic carbocycles. The first-order chi connectivity index (χ1) is 17.0. The summed E-state index contributed by atoms with van der Waals surface area (Å²) in [6, 6.07) is 23.3. The van der Waals surface area contributed by atoms with Gasteiger partial charge in [-0.2, -0.15) is 5.26 Å². The Morgan fingerprint density at radius 1 is 1.03 bits per heavy atom. The third-order valence-corrected chi connectivity index (χ3v) is 7.17. The minimum absolute atomic E-state index is 0.0366. The van der Waals surface area contributed by atoms with Crippen molar-refractivity contribution < 1.29 is 18.3 Å². The highest BCUT2D eigenvalue weighted by Gasteiger charge is 2.22. The van der Waals surface area contributed by atoms with E-state index >= 15 is 0 Å². The van der Waals surface area contributed by atoms with Crippen molar-refractivity contribution >= 4 is 38.4 Å². The fourth-order valence-electron chi connectivity index (χ4n) is 3.95. The Labute approximate surface area is 210 Å². The maximum atomic E-state index is 12.1. The van der Waals surface area contributed by atoms with Crippen molar-refractivity contribution in [2.45, 2.75) is 24.2 Å². The molecule has 36 heavy (non-hydrogen) atoms. The zero-order valence-electron chi connectivity index (χ0n) is 20.1. The number of hydrogen-bond donors (Lipinski definition) is 1. The molecule has 1 aromatic heterocycles. The number of fused-ring (bicyclic) bond motifs is 1. The van der Waals surface area contributed by atoms with Crippen LogP contribution in [0.1, 0.15) is 30.5 Å². The summed E-state index contributed by atoms with van der Waals surface area (Å²) in [5, 5.41) is 20.5. The van der Waals surface area contributed by atoms with Gasteiger partial charge < -0.3 is 5.11 Å². The Morgan fingerprint density at radius 2 is 1.75 bits per heavy atom. The van der Waals surface area contributed by atoms with E-state index in [1.807, 2.05) is 56.3 Å². The molecule has 0 amide bonds. The summed E-state index contributed by atoms with van der Waals surface area (Å²) < 4.78 is 23.5. The SMILES string of the molecule is CC(C)(C#N)c1cc(-c2cccc(C=C(C(=O)O)c3ccc(S(C)(=O)=O)cc3)c2)c2ncccc2c1. The number of aromatic nitrogens is 1. The molecule has 0 saturated carbocycles. The van der Waals surface area contributed by atoms with E-state index in [4.69, 9.17) is 0 Å². The summed E-state index contributed by atoms with van der Waals surface area (Å²) in [5.74, 6) is -1.13. The molecule has 1 N–H and O–H groups in total. The molecular weight excluding hydrogens is 472 g/mol. The lowest BCUT2D eigenvalue weighted by molar-refractivity contribution is -0.130. The van der Waals surface area contributed by atoms with Gasteiger partial charge in [-0.1, -0.05) is 36.4 Å². The van der Waals surface area contributed by atoms with Crippen LogP contribution in [0.2, 0.25) is 0 Å². The minimum atomic E-state index is -3.39. The highest BCUT2D eigenvalue weighted by molar-refractivity contribution is 7.90. The van der Waals surface area contributed by atoms with E-state index in [1.165, 1.54) is 24.3 Å². The van der Waals surface area contributed by atoms with Crippen LogP contribution in [0.3, 0.4) is 0 Å². The number of nitriles is 1. The molecule has 0 saturated heterocycles. The van der Waals surface area contributed by atoms with Crippen molar-refractivity contribution in [3.63, 3.8) is 0 Å². The summed E-state index contributed by atoms with van der Waals surface area (Å²) in [6.45, 7) is 3.73. The number of pyridine rings is 1. The predicted octanol–water partition coefficient (Wildman–Crippen LogP) is 5.73. The molecule has 4 rings (SSSR count). The van der Waals surface area contributed by atoms with E-state index < -0.39 is 21.2 Å². The van der Waals surface area contributed by atoms with Crippen LogP contribution in [0.5, 0.6) is 0 Å². The van der Waals surface area contributed by atoms with Crippen LogP contribution in [0, 0.1) is 11.3 Å². The van der Waals surface area contributed by atoms with Crippen LogP contribution in [-0.4, -0.2) is 30.7 Å². The van der Waals surface area contributed by atoms with Gasteiger partial charge in [-0.25, -0.2) is 13.2 Å². The first kappa shape index (κ1) is 24.8. The van der Waals surface area contributed by atoms with Gasteiger partial charge in [0.05, 0.1) is 27.5 Å². The van der Waals surface area contributed by atoms with Crippen LogP contribution in [-0.2, 0) is 20.0 Å². The van der Waals surface area contributed by atoms with Gasteiger partial charge in [0.1, 0.15) is 0 Å². The topological polar surface area (TPSA) is 108 Å². The van der Waals surface area contributed by atoms with Gasteiger partial charge >= 0.3 is 5.97 Å². The largest absolute Gasteiger partial charge is 0.478 e. The molecular formula is C29H24N2O4S. The lowest BCUT2D eigenvalue weighted by atomic mass is 9.83. The highest BCUT2D eigenvalue weighted by atomic mass is 32.2. The molecule has 0 bridgehead atoms. The summed E-state index contributed by atoms with van der Waals surface area (Å²) in [6.07, 6.45) is 4.38. The van der Waals surface area contributed by atoms with E-state index in [0.717, 1.165) is 33.8 Å². The maximum Gasteiger partial charge on any atom is 0.336 e. The second kappa shape index (κ2) is 9.40. The number of rotatable bonds is 6. The lowest BCUT2D eigenvalue weighted by Crippen LogP contribution is -2.14. The average molecular weight is 497 g/mol. The third kappa shape index (κ3) is 5.04. The van der Waals surface area contributed by atoms with Gasteiger partial charge in [-0.3, -0.25) is 4.98 Å². The smallest absolute Gasteiger partial charge is 0.336 e. The Morgan fingerprint density at radius 3 is 2.39 bits per heavy atom. The van der Waals surface area contributed by atoms with E-state index in [2.05, 4.69) is 11.1 Å². The standard InChI is InChI=1S/C29H24N2O4S/c1-29(2,18-30)23-16-22-8-5-13-31-27(22)25(17-23)21-7-4-6-19(14-21)15-26(28(32)33)20-9-11-24(12-10-20)36(3,34)35/h4-17H,1-3H3,(H,32,33). The zero-order chi connectivity index (χ0) is 26.1. The molecule has 0 radical (unpaired) electrons. The van der Waals surface area contributed by atoms with Crippen molar-refractivity contribution in [1.82, 2.24) is 4.98 Å². The van der Waals surface area contributed by atoms with Crippen LogP contribution in [0.25, 0.3) is 33.7 Å². The lowest BCUT2D eigenvalue weighted by Gasteiger charge is -2.19. The van der Waals surface area contributed by atoms with Crippen LogP contribution in [0.15, 0.2) is 83.9 Å². The highest BCUT2D eigenvalue weighted by Crippen LogP contribution is 2.34. The van der Waals surface area contributed by atoms with Gasteiger partial charge in [0.25, 0.3) is 0 Å². The van der Waals surface area contributed by atoms with Crippen molar-refractivity contribution in [3.8, 4) is 17.2 Å². The summed E-state index contributed by atoms with van der Waals surface area (Å²) >= 11 is 0. The average Bonchev–Trinajstić information content (AvgIpc) is 2.86. The van der Waals surface area contributed by atoms with E-state index in [1.54, 1.807) is 18.3 Å². The van der Waals surface area contributed by atoms with E-state index in [9.17, 15) is 23.6 Å². The van der Waals surface area contributed by atoms with Crippen LogP contribution in [0.4, 0.5) is 0 Å². The molecule has 0 aliphatic carbocycles. The van der Waals surface area contributed by atoms with Gasteiger partial charge in [0.2, 0.25) is 0 Å². The summed E-state index contributed by atoms with van der Waals surface area (Å²) in [5.41, 5.74) is 3.71. The first-order valence-electron chi connectivity index (χ1n) is 11.2. The number of carboxylic acids is 1. The fraction of sp³-hybridized carbons (Fsp3) is 0.138. The molecule has 0 aliphatic heterocycles. The van der Waals surface area contributed by atoms with Crippen molar-refractivity contribution in [1.29, 1.82) is 5.26 Å². The molecule has 0 atom stereocenters. The molecule has 6 nitrogen and oxygen atoms in total. The fourth-order valence-corrected chi connectivity index (χ4v) is 4.58. The normalized spacial score (nSPS) is 12.3. The number of carboxylic acid groups (broad SMARTS) is 1. The molecule has 0 unspecified atom stereocenters. The van der Waals surface area contributed by atoms with Crippen molar-refractivity contribution in [2.75, 3.05) is 6.26 Å². The van der Waals surface area contributed by atoms with E-state index in [0.29, 0.717) is 11.1 Å². The van der Waals surface area contributed by atoms with Crippen LogP contribution >= 0.6 is 0 Å². The van der Waals surface area contributed by atoms with Gasteiger partial charge in [0, 0.05) is 23.4 Å². The number of aliphatic carboxylic acids is 1. The Balaban J connectivity index is 1.84. The summed E-state index contributed by atoms with van der Waals surface area (Å²) in [7, 11) is -3.39. The van der Waals surface area contributed by atoms with E-state index in [-0.39, 0.29) is 10.5 Å².